The summed E-state index contributed by atoms with van der Waals surface area (Å²) in [5, 5.41) is 9.79. The molecule has 0 saturated heterocycles. The Balaban J connectivity index is 2.25. The van der Waals surface area contributed by atoms with E-state index in [2.05, 4.69) is 39.8 Å². The molecule has 18 heavy (non-hydrogen) atoms. The van der Waals surface area contributed by atoms with Crippen LogP contribution in [0.1, 0.15) is 64.0 Å². The second-order valence-electron chi connectivity index (χ2n) is 6.85. The summed E-state index contributed by atoms with van der Waals surface area (Å²) in [6, 6.07) is 6.21. The van der Waals surface area contributed by atoms with E-state index in [-0.39, 0.29) is 0 Å². The third-order valence-corrected chi connectivity index (χ3v) is 4.34. The molecule has 1 heteroatoms. The zero-order valence-electron chi connectivity index (χ0n) is 12.2. The largest absolute Gasteiger partial charge is 0.508 e. The van der Waals surface area contributed by atoms with Gasteiger partial charge < -0.3 is 5.11 Å². The third-order valence-electron chi connectivity index (χ3n) is 4.34. The first kappa shape index (κ1) is 13.5. The molecule has 0 bridgehead atoms. The molecule has 1 aromatic rings. The van der Waals surface area contributed by atoms with Crippen molar-refractivity contribution in [2.75, 3.05) is 0 Å². The van der Waals surface area contributed by atoms with Crippen LogP contribution in [0.15, 0.2) is 18.2 Å². The number of hydrogen-bond acceptors (Lipinski definition) is 1. The molecule has 0 heterocycles. The van der Waals surface area contributed by atoms with E-state index in [9.17, 15) is 5.11 Å². The third kappa shape index (κ3) is 2.88. The zero-order chi connectivity index (χ0) is 13.3. The molecule has 100 valence electrons. The van der Waals surface area contributed by atoms with Gasteiger partial charge in [0.2, 0.25) is 0 Å². The summed E-state index contributed by atoms with van der Waals surface area (Å²) in [5.74, 6) is 1.91. The van der Waals surface area contributed by atoms with Crippen molar-refractivity contribution in [2.45, 2.75) is 59.3 Å². The van der Waals surface area contributed by atoms with Crippen LogP contribution in [0.3, 0.4) is 0 Å². The van der Waals surface area contributed by atoms with Gasteiger partial charge in [0.25, 0.3) is 0 Å². The Hall–Kier alpha value is -0.980. The maximum absolute atomic E-state index is 9.79. The van der Waals surface area contributed by atoms with Gasteiger partial charge in [-0.3, -0.25) is 0 Å². The lowest BCUT2D eigenvalue weighted by Crippen LogP contribution is -2.26. The second kappa shape index (κ2) is 4.95. The zero-order valence-corrected chi connectivity index (χ0v) is 12.2. The summed E-state index contributed by atoms with van der Waals surface area (Å²) in [4.78, 5) is 0. The van der Waals surface area contributed by atoms with Crippen molar-refractivity contribution in [1.82, 2.24) is 0 Å². The number of rotatable bonds is 2. The fraction of sp³-hybridized carbons (Fsp3) is 0.647. The van der Waals surface area contributed by atoms with Crippen LogP contribution in [0.25, 0.3) is 0 Å². The Morgan fingerprint density at radius 1 is 1.28 bits per heavy atom. The molecular weight excluding hydrogens is 220 g/mol. The van der Waals surface area contributed by atoms with E-state index in [0.29, 0.717) is 17.1 Å². The van der Waals surface area contributed by atoms with Gasteiger partial charge in [-0.15, -0.1) is 0 Å². The summed E-state index contributed by atoms with van der Waals surface area (Å²) in [6.07, 6.45) is 4.80. The van der Waals surface area contributed by atoms with Crippen molar-refractivity contribution in [3.8, 4) is 5.75 Å². The quantitative estimate of drug-likeness (QED) is 0.788. The molecule has 1 aliphatic rings. The Labute approximate surface area is 111 Å². The van der Waals surface area contributed by atoms with Crippen molar-refractivity contribution in [2.24, 2.45) is 11.3 Å². The van der Waals surface area contributed by atoms with Crippen LogP contribution in [0.2, 0.25) is 0 Å². The molecule has 1 aromatic carbocycles. The summed E-state index contributed by atoms with van der Waals surface area (Å²) in [7, 11) is 0. The Kier molecular flexibility index (Phi) is 3.70. The van der Waals surface area contributed by atoms with Gasteiger partial charge in [-0.25, -0.2) is 0 Å². The molecule has 1 saturated carbocycles. The highest BCUT2D eigenvalue weighted by molar-refractivity contribution is 5.37. The minimum absolute atomic E-state index is 0.448. The van der Waals surface area contributed by atoms with Crippen molar-refractivity contribution >= 4 is 0 Å². The van der Waals surface area contributed by atoms with Crippen molar-refractivity contribution < 1.29 is 5.11 Å². The van der Waals surface area contributed by atoms with Crippen molar-refractivity contribution in [3.05, 3.63) is 29.3 Å². The number of benzene rings is 1. The van der Waals surface area contributed by atoms with Gasteiger partial charge in [0.05, 0.1) is 0 Å². The molecule has 2 unspecified atom stereocenters. The normalized spacial score (nSPS) is 27.1. The summed E-state index contributed by atoms with van der Waals surface area (Å²) >= 11 is 0. The molecule has 0 aromatic heterocycles. The number of aryl methyl sites for hydroxylation is 1. The van der Waals surface area contributed by atoms with Crippen LogP contribution in [-0.4, -0.2) is 5.11 Å². The summed E-state index contributed by atoms with van der Waals surface area (Å²) < 4.78 is 0. The van der Waals surface area contributed by atoms with E-state index in [1.165, 1.54) is 24.8 Å². The molecule has 2 atom stereocenters. The fourth-order valence-corrected chi connectivity index (χ4v) is 3.74. The van der Waals surface area contributed by atoms with Crippen LogP contribution in [0, 0.1) is 11.3 Å². The lowest BCUT2D eigenvalue weighted by molar-refractivity contribution is 0.168. The number of phenolic OH excluding ortho intramolecular Hbond substituents is 1. The Morgan fingerprint density at radius 2 is 2.00 bits per heavy atom. The Bertz CT molecular complexity index is 420. The molecule has 0 radical (unpaired) electrons. The monoisotopic (exact) mass is 246 g/mol. The van der Waals surface area contributed by atoms with Crippen LogP contribution in [0.5, 0.6) is 5.75 Å². The predicted octanol–water partition coefficient (Wildman–Crippen LogP) is 4.88. The van der Waals surface area contributed by atoms with Gasteiger partial charge in [-0.2, -0.15) is 0 Å². The summed E-state index contributed by atoms with van der Waals surface area (Å²) in [5.41, 5.74) is 2.96. The first-order valence-electron chi connectivity index (χ1n) is 7.23. The van der Waals surface area contributed by atoms with Gasteiger partial charge >= 0.3 is 0 Å². The van der Waals surface area contributed by atoms with Crippen molar-refractivity contribution in [1.29, 1.82) is 0 Å². The van der Waals surface area contributed by atoms with Gasteiger partial charge in [-0.1, -0.05) is 39.8 Å². The predicted molar refractivity (Wildman–Crippen MR) is 77.0 cm³/mol. The lowest BCUT2D eigenvalue weighted by atomic mass is 9.66. The maximum atomic E-state index is 9.79. The Morgan fingerprint density at radius 3 is 2.61 bits per heavy atom. The molecule has 1 fully saturated rings. The number of aromatic hydroxyl groups is 1. The summed E-state index contributed by atoms with van der Waals surface area (Å²) in [6.45, 7) is 9.24. The van der Waals surface area contributed by atoms with Crippen LogP contribution >= 0.6 is 0 Å². The van der Waals surface area contributed by atoms with E-state index >= 15 is 0 Å². The molecule has 0 amide bonds. The maximum Gasteiger partial charge on any atom is 0.118 e. The van der Waals surface area contributed by atoms with E-state index in [4.69, 9.17) is 0 Å². The molecular formula is C17H26O. The van der Waals surface area contributed by atoms with Gasteiger partial charge in [0, 0.05) is 0 Å². The molecule has 0 aliphatic heterocycles. The topological polar surface area (TPSA) is 20.2 Å². The highest BCUT2D eigenvalue weighted by Crippen LogP contribution is 2.46. The SMILES string of the molecule is CCc1cc(C2CC(C)CC(C)(C)C2)ccc1O. The van der Waals surface area contributed by atoms with E-state index in [1.807, 2.05) is 6.07 Å². The lowest BCUT2D eigenvalue weighted by Gasteiger charge is -2.39. The first-order valence-corrected chi connectivity index (χ1v) is 7.23. The minimum atomic E-state index is 0.448. The smallest absolute Gasteiger partial charge is 0.118 e. The fourth-order valence-electron chi connectivity index (χ4n) is 3.74. The molecule has 1 aliphatic carbocycles. The van der Waals surface area contributed by atoms with Crippen LogP contribution in [-0.2, 0) is 6.42 Å². The van der Waals surface area contributed by atoms with Gasteiger partial charge in [-0.05, 0) is 60.1 Å². The van der Waals surface area contributed by atoms with E-state index in [0.717, 1.165) is 17.9 Å². The van der Waals surface area contributed by atoms with E-state index in [1.54, 1.807) is 0 Å². The average molecular weight is 246 g/mol. The number of hydrogen-bond donors (Lipinski definition) is 1. The molecule has 0 spiro atoms. The standard InChI is InChI=1S/C17H26O/c1-5-13-9-14(6-7-16(13)18)15-8-12(2)10-17(3,4)11-15/h6-7,9,12,15,18H,5,8,10-11H2,1-4H3. The number of phenols is 1. The van der Waals surface area contributed by atoms with Crippen molar-refractivity contribution in [3.63, 3.8) is 0 Å². The highest BCUT2D eigenvalue weighted by atomic mass is 16.3. The van der Waals surface area contributed by atoms with Crippen LogP contribution in [0.4, 0.5) is 0 Å². The molecule has 1 N–H and O–H groups in total. The molecule has 1 nitrogen and oxygen atoms in total. The van der Waals surface area contributed by atoms with Gasteiger partial charge in [0.1, 0.15) is 5.75 Å². The first-order chi connectivity index (χ1) is 8.41. The van der Waals surface area contributed by atoms with Crippen LogP contribution < -0.4 is 0 Å². The second-order valence-corrected chi connectivity index (χ2v) is 6.85. The highest BCUT2D eigenvalue weighted by Gasteiger charge is 2.32. The minimum Gasteiger partial charge on any atom is -0.508 e. The molecule has 2 rings (SSSR count). The average Bonchev–Trinajstić information content (AvgIpc) is 2.27. The van der Waals surface area contributed by atoms with E-state index < -0.39 is 0 Å². The van der Waals surface area contributed by atoms with Gasteiger partial charge in [0.15, 0.2) is 0 Å².